The van der Waals surface area contributed by atoms with E-state index in [1.165, 1.54) is 0 Å². The number of aromatic nitrogens is 1. The van der Waals surface area contributed by atoms with Gasteiger partial charge in [0.05, 0.1) is 16.9 Å². The number of aryl methyl sites for hydroxylation is 2. The van der Waals surface area contributed by atoms with Gasteiger partial charge in [-0.1, -0.05) is 20.3 Å². The molecule has 0 aromatic carbocycles. The van der Waals surface area contributed by atoms with Gasteiger partial charge in [0.1, 0.15) is 5.84 Å². The predicted octanol–water partition coefficient (Wildman–Crippen LogP) is 3.39. The van der Waals surface area contributed by atoms with Crippen LogP contribution in [0.5, 0.6) is 0 Å². The molecule has 4 heteroatoms. The standard InChI is InChI=1S/C16H28N4/c1-6-8-9-20(12(4)7-2)14-10-11(3)19-13(5)15(14)16(17)18/h10,12H,6-9H2,1-5H3,(H3,17,18). The molecule has 3 N–H and O–H groups in total. The lowest BCUT2D eigenvalue weighted by atomic mass is 10.1. The van der Waals surface area contributed by atoms with E-state index >= 15 is 0 Å². The molecule has 0 saturated heterocycles. The van der Waals surface area contributed by atoms with E-state index in [0.29, 0.717) is 6.04 Å². The number of anilines is 1. The van der Waals surface area contributed by atoms with E-state index in [4.69, 9.17) is 11.1 Å². The van der Waals surface area contributed by atoms with Gasteiger partial charge in [0.15, 0.2) is 0 Å². The summed E-state index contributed by atoms with van der Waals surface area (Å²) in [6, 6.07) is 2.49. The summed E-state index contributed by atoms with van der Waals surface area (Å²) in [7, 11) is 0. The molecule has 0 aliphatic carbocycles. The monoisotopic (exact) mass is 276 g/mol. The van der Waals surface area contributed by atoms with Crippen LogP contribution in [0, 0.1) is 19.3 Å². The minimum absolute atomic E-state index is 0.106. The molecule has 0 aliphatic rings. The zero-order valence-electron chi connectivity index (χ0n) is 13.5. The van der Waals surface area contributed by atoms with Crippen LogP contribution < -0.4 is 10.6 Å². The van der Waals surface area contributed by atoms with E-state index in [-0.39, 0.29) is 5.84 Å². The Hall–Kier alpha value is -1.58. The minimum Gasteiger partial charge on any atom is -0.384 e. The van der Waals surface area contributed by atoms with E-state index in [0.717, 1.165) is 48.4 Å². The molecule has 0 bridgehead atoms. The zero-order valence-corrected chi connectivity index (χ0v) is 13.5. The summed E-state index contributed by atoms with van der Waals surface area (Å²) in [6.45, 7) is 11.5. The van der Waals surface area contributed by atoms with Gasteiger partial charge in [0.25, 0.3) is 0 Å². The second kappa shape index (κ2) is 7.27. The molecule has 1 rings (SSSR count). The number of nitrogen functional groups attached to an aromatic ring is 1. The Morgan fingerprint density at radius 1 is 1.40 bits per heavy atom. The number of hydrogen-bond donors (Lipinski definition) is 2. The SMILES string of the molecule is CCCCN(c1cc(C)nc(C)c1C(=N)N)C(C)CC. The summed E-state index contributed by atoms with van der Waals surface area (Å²) < 4.78 is 0. The first-order valence-corrected chi connectivity index (χ1v) is 7.51. The molecule has 1 heterocycles. The first kappa shape index (κ1) is 16.5. The first-order valence-electron chi connectivity index (χ1n) is 7.51. The molecule has 4 nitrogen and oxygen atoms in total. The lowest BCUT2D eigenvalue weighted by molar-refractivity contribution is 0.594. The Labute approximate surface area is 122 Å². The summed E-state index contributed by atoms with van der Waals surface area (Å²) in [6.07, 6.45) is 3.37. The molecule has 1 atom stereocenters. The quantitative estimate of drug-likeness (QED) is 0.592. The second-order valence-corrected chi connectivity index (χ2v) is 5.46. The fourth-order valence-corrected chi connectivity index (χ4v) is 2.49. The number of amidine groups is 1. The van der Waals surface area contributed by atoms with Crippen LogP contribution in [0.1, 0.15) is 57.0 Å². The Morgan fingerprint density at radius 3 is 2.55 bits per heavy atom. The molecule has 1 aromatic heterocycles. The topological polar surface area (TPSA) is 66.0 Å². The highest BCUT2D eigenvalue weighted by Gasteiger charge is 2.20. The molecule has 0 amide bonds. The second-order valence-electron chi connectivity index (χ2n) is 5.46. The minimum atomic E-state index is 0.106. The lowest BCUT2D eigenvalue weighted by Gasteiger charge is -2.33. The summed E-state index contributed by atoms with van der Waals surface area (Å²) in [5.41, 5.74) is 9.46. The van der Waals surface area contributed by atoms with Crippen molar-refractivity contribution < 1.29 is 0 Å². The van der Waals surface area contributed by atoms with Crippen molar-refractivity contribution in [2.75, 3.05) is 11.4 Å². The number of hydrogen-bond acceptors (Lipinski definition) is 3. The maximum absolute atomic E-state index is 7.87. The van der Waals surface area contributed by atoms with E-state index < -0.39 is 0 Å². The van der Waals surface area contributed by atoms with Crippen LogP contribution in [0.15, 0.2) is 6.07 Å². The molecule has 0 radical (unpaired) electrons. The van der Waals surface area contributed by atoms with Crippen molar-refractivity contribution in [3.05, 3.63) is 23.0 Å². The van der Waals surface area contributed by atoms with Gasteiger partial charge < -0.3 is 10.6 Å². The van der Waals surface area contributed by atoms with Crippen LogP contribution in [0.4, 0.5) is 5.69 Å². The van der Waals surface area contributed by atoms with Crippen LogP contribution >= 0.6 is 0 Å². The molecule has 1 unspecified atom stereocenters. The van der Waals surface area contributed by atoms with Gasteiger partial charge in [0.2, 0.25) is 0 Å². The van der Waals surface area contributed by atoms with Crippen LogP contribution in [-0.2, 0) is 0 Å². The van der Waals surface area contributed by atoms with Gasteiger partial charge in [-0.25, -0.2) is 0 Å². The average molecular weight is 276 g/mol. The molecule has 0 aliphatic heterocycles. The van der Waals surface area contributed by atoms with E-state index in [9.17, 15) is 0 Å². The Kier molecular flexibility index (Phi) is 5.99. The Bertz CT molecular complexity index is 468. The number of nitrogens with one attached hydrogen (secondary N) is 1. The normalized spacial score (nSPS) is 12.2. The van der Waals surface area contributed by atoms with Crippen LogP contribution in [-0.4, -0.2) is 23.4 Å². The average Bonchev–Trinajstić information content (AvgIpc) is 2.37. The van der Waals surface area contributed by atoms with Gasteiger partial charge >= 0.3 is 0 Å². The third kappa shape index (κ3) is 3.71. The first-order chi connectivity index (χ1) is 9.42. The van der Waals surface area contributed by atoms with Crippen molar-refractivity contribution in [1.82, 2.24) is 4.98 Å². The highest BCUT2D eigenvalue weighted by molar-refractivity contribution is 6.01. The molecular weight excluding hydrogens is 248 g/mol. The van der Waals surface area contributed by atoms with Gasteiger partial charge in [-0.15, -0.1) is 0 Å². The van der Waals surface area contributed by atoms with E-state index in [2.05, 4.69) is 36.7 Å². The van der Waals surface area contributed by atoms with Crippen LogP contribution in [0.3, 0.4) is 0 Å². The molecular formula is C16H28N4. The number of nitrogens with two attached hydrogens (primary N) is 1. The van der Waals surface area contributed by atoms with Crippen molar-refractivity contribution in [2.24, 2.45) is 5.73 Å². The van der Waals surface area contributed by atoms with Gasteiger partial charge in [-0.3, -0.25) is 10.4 Å². The fraction of sp³-hybridized carbons (Fsp3) is 0.625. The molecule has 0 spiro atoms. The number of unbranched alkanes of at least 4 members (excludes halogenated alkanes) is 1. The van der Waals surface area contributed by atoms with Gasteiger partial charge in [-0.2, -0.15) is 0 Å². The van der Waals surface area contributed by atoms with Crippen LogP contribution in [0.2, 0.25) is 0 Å². The fourth-order valence-electron chi connectivity index (χ4n) is 2.49. The smallest absolute Gasteiger partial charge is 0.126 e. The van der Waals surface area contributed by atoms with Gasteiger partial charge in [0, 0.05) is 18.3 Å². The lowest BCUT2D eigenvalue weighted by Crippen LogP contribution is -2.35. The largest absolute Gasteiger partial charge is 0.384 e. The van der Waals surface area contributed by atoms with Crippen molar-refractivity contribution in [3.63, 3.8) is 0 Å². The Morgan fingerprint density at radius 2 is 2.05 bits per heavy atom. The number of pyridine rings is 1. The van der Waals surface area contributed by atoms with Crippen molar-refractivity contribution in [1.29, 1.82) is 5.41 Å². The predicted molar refractivity (Wildman–Crippen MR) is 86.7 cm³/mol. The zero-order chi connectivity index (χ0) is 15.3. The van der Waals surface area contributed by atoms with Crippen molar-refractivity contribution in [3.8, 4) is 0 Å². The maximum atomic E-state index is 7.87. The molecule has 0 fully saturated rings. The van der Waals surface area contributed by atoms with Crippen LogP contribution in [0.25, 0.3) is 0 Å². The molecule has 20 heavy (non-hydrogen) atoms. The highest BCUT2D eigenvalue weighted by atomic mass is 15.2. The summed E-state index contributed by atoms with van der Waals surface area (Å²) in [5.74, 6) is 0.106. The van der Waals surface area contributed by atoms with E-state index in [1.807, 2.05) is 13.8 Å². The highest BCUT2D eigenvalue weighted by Crippen LogP contribution is 2.26. The third-order valence-electron chi connectivity index (χ3n) is 3.76. The summed E-state index contributed by atoms with van der Waals surface area (Å²) >= 11 is 0. The number of rotatable bonds is 7. The molecule has 1 aromatic rings. The Balaban J connectivity index is 3.33. The summed E-state index contributed by atoms with van der Waals surface area (Å²) in [4.78, 5) is 6.83. The van der Waals surface area contributed by atoms with Crippen molar-refractivity contribution >= 4 is 11.5 Å². The van der Waals surface area contributed by atoms with Crippen molar-refractivity contribution in [2.45, 2.75) is 59.9 Å². The number of nitrogens with zero attached hydrogens (tertiary/aromatic N) is 2. The molecule has 112 valence electrons. The van der Waals surface area contributed by atoms with E-state index in [1.54, 1.807) is 0 Å². The third-order valence-corrected chi connectivity index (χ3v) is 3.76. The van der Waals surface area contributed by atoms with Gasteiger partial charge in [-0.05, 0) is 39.7 Å². The maximum Gasteiger partial charge on any atom is 0.126 e. The summed E-state index contributed by atoms with van der Waals surface area (Å²) in [5, 5.41) is 7.87. The molecule has 0 saturated carbocycles.